The van der Waals surface area contributed by atoms with E-state index in [4.69, 9.17) is 5.26 Å². The maximum atomic E-state index is 13.0. The molecule has 9 heteroatoms. The molecular formula is C22H21FN6OS. The molecule has 1 amide bonds. The van der Waals surface area contributed by atoms with Gasteiger partial charge in [-0.05, 0) is 42.0 Å². The molecule has 1 aliphatic heterocycles. The quantitative estimate of drug-likeness (QED) is 0.639. The number of halogens is 1. The molecule has 31 heavy (non-hydrogen) atoms. The molecule has 1 aliphatic rings. The van der Waals surface area contributed by atoms with Crippen molar-refractivity contribution in [2.24, 2.45) is 0 Å². The number of hydrogen-bond acceptors (Lipinski definition) is 7. The molecule has 1 N–H and O–H groups in total. The summed E-state index contributed by atoms with van der Waals surface area (Å²) in [6.45, 7) is 5.23. The number of rotatable bonds is 6. The maximum Gasteiger partial charge on any atom is 0.286 e. The van der Waals surface area contributed by atoms with Crippen LogP contribution < -0.4 is 5.32 Å². The summed E-state index contributed by atoms with van der Waals surface area (Å²) in [5.74, 6) is -0.698. The van der Waals surface area contributed by atoms with E-state index in [1.807, 2.05) is 24.3 Å². The Morgan fingerprint density at radius 2 is 1.65 bits per heavy atom. The van der Waals surface area contributed by atoms with Crippen LogP contribution in [-0.4, -0.2) is 52.1 Å². The van der Waals surface area contributed by atoms with Gasteiger partial charge in [-0.15, -0.1) is 10.2 Å². The van der Waals surface area contributed by atoms with Gasteiger partial charge in [-0.3, -0.25) is 14.6 Å². The SMILES string of the molecule is N#Cc1ccc(CN2CCN(Cc3nnc(C(=O)Nc4ccc(F)cc4)s3)CC2)cc1. The lowest BCUT2D eigenvalue weighted by Gasteiger charge is -2.34. The molecule has 1 saturated heterocycles. The van der Waals surface area contributed by atoms with Gasteiger partial charge < -0.3 is 5.32 Å². The van der Waals surface area contributed by atoms with Crippen molar-refractivity contribution in [3.05, 3.63) is 75.5 Å². The van der Waals surface area contributed by atoms with Gasteiger partial charge in [0.15, 0.2) is 0 Å². The number of amides is 1. The highest BCUT2D eigenvalue weighted by atomic mass is 32.1. The van der Waals surface area contributed by atoms with Gasteiger partial charge in [0.1, 0.15) is 10.8 Å². The molecule has 1 aromatic heterocycles. The van der Waals surface area contributed by atoms with E-state index in [0.29, 0.717) is 22.8 Å². The first kappa shape index (κ1) is 21.1. The topological polar surface area (TPSA) is 85.2 Å². The van der Waals surface area contributed by atoms with Gasteiger partial charge in [0, 0.05) is 38.4 Å². The zero-order chi connectivity index (χ0) is 21.6. The Hall–Kier alpha value is -3.19. The first-order valence-electron chi connectivity index (χ1n) is 9.92. The molecule has 0 radical (unpaired) electrons. The molecule has 0 spiro atoms. The lowest BCUT2D eigenvalue weighted by atomic mass is 10.1. The molecule has 4 rings (SSSR count). The average molecular weight is 437 g/mol. The molecule has 2 heterocycles. The predicted molar refractivity (Wildman–Crippen MR) is 116 cm³/mol. The lowest BCUT2D eigenvalue weighted by Crippen LogP contribution is -2.45. The number of carbonyl (C=O) groups is 1. The molecule has 158 valence electrons. The molecule has 0 aliphatic carbocycles. The summed E-state index contributed by atoms with van der Waals surface area (Å²) in [6.07, 6.45) is 0. The summed E-state index contributed by atoms with van der Waals surface area (Å²) in [6, 6.07) is 15.5. The Morgan fingerprint density at radius 1 is 1.00 bits per heavy atom. The van der Waals surface area contributed by atoms with Crippen molar-refractivity contribution in [2.75, 3.05) is 31.5 Å². The fourth-order valence-corrected chi connectivity index (χ4v) is 4.14. The van der Waals surface area contributed by atoms with Crippen molar-refractivity contribution >= 4 is 22.9 Å². The van der Waals surface area contributed by atoms with Crippen LogP contribution in [0.2, 0.25) is 0 Å². The van der Waals surface area contributed by atoms with Crippen molar-refractivity contribution < 1.29 is 9.18 Å². The molecule has 2 aromatic carbocycles. The monoisotopic (exact) mass is 436 g/mol. The number of carbonyl (C=O) groups excluding carboxylic acids is 1. The van der Waals surface area contributed by atoms with Gasteiger partial charge in [0.05, 0.1) is 18.2 Å². The third kappa shape index (κ3) is 5.70. The van der Waals surface area contributed by atoms with Crippen LogP contribution in [0, 0.1) is 17.1 Å². The van der Waals surface area contributed by atoms with Gasteiger partial charge in [-0.25, -0.2) is 4.39 Å². The highest BCUT2D eigenvalue weighted by Crippen LogP contribution is 2.17. The number of nitrogens with zero attached hydrogens (tertiary/aromatic N) is 5. The van der Waals surface area contributed by atoms with Crippen molar-refractivity contribution in [3.63, 3.8) is 0 Å². The smallest absolute Gasteiger partial charge is 0.286 e. The molecule has 7 nitrogen and oxygen atoms in total. The van der Waals surface area contributed by atoms with Gasteiger partial charge in [0.25, 0.3) is 5.91 Å². The largest absolute Gasteiger partial charge is 0.320 e. The second-order valence-corrected chi connectivity index (χ2v) is 8.39. The first-order valence-corrected chi connectivity index (χ1v) is 10.7. The molecule has 0 unspecified atom stereocenters. The van der Waals surface area contributed by atoms with E-state index < -0.39 is 0 Å². The van der Waals surface area contributed by atoms with Crippen molar-refractivity contribution in [2.45, 2.75) is 13.1 Å². The highest BCUT2D eigenvalue weighted by Gasteiger charge is 2.20. The Morgan fingerprint density at radius 3 is 2.29 bits per heavy atom. The number of piperazine rings is 1. The second-order valence-electron chi connectivity index (χ2n) is 7.32. The highest BCUT2D eigenvalue weighted by molar-refractivity contribution is 7.13. The van der Waals surface area contributed by atoms with Crippen LogP contribution in [0.3, 0.4) is 0 Å². The second kappa shape index (κ2) is 9.75. The number of aromatic nitrogens is 2. The standard InChI is InChI=1S/C22H21FN6OS/c23-18-5-7-19(8-6-18)25-21(30)22-27-26-20(31-22)15-29-11-9-28(10-12-29)14-17-3-1-16(13-24)2-4-17/h1-8H,9-12,14-15H2,(H,25,30). The van der Waals surface area contributed by atoms with Crippen LogP contribution in [0.4, 0.5) is 10.1 Å². The fourth-order valence-electron chi connectivity index (χ4n) is 3.37. The number of nitrogens with one attached hydrogen (secondary N) is 1. The number of benzene rings is 2. The zero-order valence-electron chi connectivity index (χ0n) is 16.8. The van der Waals surface area contributed by atoms with Crippen molar-refractivity contribution in [3.8, 4) is 6.07 Å². The summed E-state index contributed by atoms with van der Waals surface area (Å²) in [5.41, 5.74) is 2.39. The molecule has 1 fully saturated rings. The van der Waals surface area contributed by atoms with E-state index >= 15 is 0 Å². The van der Waals surface area contributed by atoms with Gasteiger partial charge >= 0.3 is 0 Å². The van der Waals surface area contributed by atoms with Crippen LogP contribution >= 0.6 is 11.3 Å². The Kier molecular flexibility index (Phi) is 6.62. The van der Waals surface area contributed by atoms with Crippen LogP contribution in [0.25, 0.3) is 0 Å². The van der Waals surface area contributed by atoms with Crippen LogP contribution in [0.15, 0.2) is 48.5 Å². The number of nitriles is 1. The number of hydrogen-bond donors (Lipinski definition) is 1. The van der Waals surface area contributed by atoms with Crippen LogP contribution in [-0.2, 0) is 13.1 Å². The summed E-state index contributed by atoms with van der Waals surface area (Å²) >= 11 is 1.27. The summed E-state index contributed by atoms with van der Waals surface area (Å²) in [7, 11) is 0. The average Bonchev–Trinajstić information content (AvgIpc) is 3.26. The van der Waals surface area contributed by atoms with Crippen molar-refractivity contribution in [1.29, 1.82) is 5.26 Å². The lowest BCUT2D eigenvalue weighted by molar-refractivity contribution is 0.102. The number of anilines is 1. The van der Waals surface area contributed by atoms with Gasteiger partial charge in [-0.2, -0.15) is 5.26 Å². The fraction of sp³-hybridized carbons (Fsp3) is 0.273. The van der Waals surface area contributed by atoms with Crippen molar-refractivity contribution in [1.82, 2.24) is 20.0 Å². The Bertz CT molecular complexity index is 1070. The van der Waals surface area contributed by atoms with E-state index in [0.717, 1.165) is 37.7 Å². The summed E-state index contributed by atoms with van der Waals surface area (Å²) in [5, 5.41) is 20.8. The van der Waals surface area contributed by atoms with E-state index in [1.165, 1.54) is 41.2 Å². The minimum atomic E-state index is -0.354. The minimum absolute atomic E-state index is 0.291. The van der Waals surface area contributed by atoms with Gasteiger partial charge in [-0.1, -0.05) is 23.5 Å². The van der Waals surface area contributed by atoms with E-state index in [1.54, 1.807) is 0 Å². The molecular weight excluding hydrogens is 415 g/mol. The molecule has 3 aromatic rings. The Balaban J connectivity index is 1.25. The minimum Gasteiger partial charge on any atom is -0.320 e. The zero-order valence-corrected chi connectivity index (χ0v) is 17.6. The molecule has 0 atom stereocenters. The van der Waals surface area contributed by atoms with Gasteiger partial charge in [0.2, 0.25) is 5.01 Å². The summed E-state index contributed by atoms with van der Waals surface area (Å²) < 4.78 is 13.0. The third-order valence-corrected chi connectivity index (χ3v) is 5.98. The van der Waals surface area contributed by atoms with Crippen LogP contribution in [0.1, 0.15) is 25.9 Å². The van der Waals surface area contributed by atoms with Crippen LogP contribution in [0.5, 0.6) is 0 Å². The molecule has 0 bridgehead atoms. The Labute approximate surface area is 183 Å². The maximum absolute atomic E-state index is 13.0. The summed E-state index contributed by atoms with van der Waals surface area (Å²) in [4.78, 5) is 17.0. The third-order valence-electron chi connectivity index (χ3n) is 5.08. The molecule has 0 saturated carbocycles. The van der Waals surface area contributed by atoms with E-state index in [2.05, 4.69) is 31.4 Å². The predicted octanol–water partition coefficient (Wildman–Crippen LogP) is 3.12. The first-order chi connectivity index (χ1) is 15.1. The van der Waals surface area contributed by atoms with E-state index in [-0.39, 0.29) is 11.7 Å². The normalized spacial score (nSPS) is 14.8. The van der Waals surface area contributed by atoms with E-state index in [9.17, 15) is 9.18 Å².